The second-order valence-corrected chi connectivity index (χ2v) is 4.20. The minimum absolute atomic E-state index is 0. The van der Waals surface area contributed by atoms with Crippen LogP contribution in [-0.4, -0.2) is 0 Å². The average molecular weight is 495 g/mol. The molecule has 0 aromatic carbocycles. The Morgan fingerprint density at radius 1 is 0.300 bits per heavy atom. The molecule has 0 spiro atoms. The number of allylic oxidation sites excluding steroid dienone is 8. The van der Waals surface area contributed by atoms with E-state index in [1.165, 1.54) is 51.4 Å². The molecule has 0 unspecified atom stereocenters. The molecule has 122 valence electrons. The summed E-state index contributed by atoms with van der Waals surface area (Å²) < 4.78 is 0. The zero-order valence-corrected chi connectivity index (χ0v) is 16.7. The third-order valence-electron chi connectivity index (χ3n) is 2.67. The summed E-state index contributed by atoms with van der Waals surface area (Å²) in [6.45, 7) is 0. The Morgan fingerprint density at radius 2 is 0.400 bits per heavy atom. The first kappa shape index (κ1) is 28.9. The van der Waals surface area contributed by atoms with Gasteiger partial charge in [0.1, 0.15) is 0 Å². The van der Waals surface area contributed by atoms with E-state index in [9.17, 15) is 0 Å². The normalized spacial score (nSPS) is 16.0. The van der Waals surface area contributed by atoms with Gasteiger partial charge in [-0.05, 0) is 51.4 Å². The van der Waals surface area contributed by atoms with Crippen LogP contribution in [0.5, 0.6) is 0 Å². The molecule has 0 atom stereocenters. The quantitative estimate of drug-likeness (QED) is 0.278. The van der Waals surface area contributed by atoms with E-state index in [2.05, 4.69) is 48.6 Å². The molecular formula is C16H26Cl2Rh2. The fourth-order valence-corrected chi connectivity index (χ4v) is 1.71. The van der Waals surface area contributed by atoms with Crippen LogP contribution in [0.15, 0.2) is 48.6 Å². The van der Waals surface area contributed by atoms with E-state index >= 15 is 0 Å². The zero-order valence-electron chi connectivity index (χ0n) is 11.8. The molecule has 0 N–H and O–H groups in total. The minimum atomic E-state index is 0. The topological polar surface area (TPSA) is 0 Å². The minimum Gasteiger partial charge on any atom is -0.147 e. The van der Waals surface area contributed by atoms with Gasteiger partial charge in [-0.1, -0.05) is 48.6 Å². The van der Waals surface area contributed by atoms with Crippen LogP contribution in [0, 0.1) is 0 Å². The largest absolute Gasteiger partial charge is 0.147 e. The van der Waals surface area contributed by atoms with Gasteiger partial charge in [0.25, 0.3) is 0 Å². The van der Waals surface area contributed by atoms with Gasteiger partial charge < -0.3 is 0 Å². The van der Waals surface area contributed by atoms with Crippen molar-refractivity contribution < 1.29 is 39.0 Å². The number of hydrogen-bond acceptors (Lipinski definition) is 0. The van der Waals surface area contributed by atoms with Crippen LogP contribution < -0.4 is 0 Å². The van der Waals surface area contributed by atoms with Gasteiger partial charge in [-0.15, -0.1) is 24.8 Å². The summed E-state index contributed by atoms with van der Waals surface area (Å²) in [5.41, 5.74) is 0. The summed E-state index contributed by atoms with van der Waals surface area (Å²) in [6.07, 6.45) is 28.0. The molecule has 0 aromatic rings. The fourth-order valence-electron chi connectivity index (χ4n) is 1.71. The van der Waals surface area contributed by atoms with Crippen LogP contribution >= 0.6 is 24.8 Å². The maximum atomic E-state index is 2.27. The van der Waals surface area contributed by atoms with Gasteiger partial charge in [-0.2, -0.15) is 0 Å². The third-order valence-corrected chi connectivity index (χ3v) is 2.67. The smallest absolute Gasteiger partial charge is 0 e. The number of halogens is 2. The van der Waals surface area contributed by atoms with E-state index in [1.54, 1.807) is 0 Å². The van der Waals surface area contributed by atoms with Crippen LogP contribution in [0.2, 0.25) is 0 Å². The van der Waals surface area contributed by atoms with Crippen molar-refractivity contribution in [3.63, 3.8) is 0 Å². The summed E-state index contributed by atoms with van der Waals surface area (Å²) in [4.78, 5) is 0. The van der Waals surface area contributed by atoms with Gasteiger partial charge in [0.05, 0.1) is 0 Å². The fraction of sp³-hybridized carbons (Fsp3) is 0.500. The predicted molar refractivity (Wildman–Crippen MR) is 88.0 cm³/mol. The molecule has 2 aliphatic rings. The summed E-state index contributed by atoms with van der Waals surface area (Å²) >= 11 is 0. The second-order valence-electron chi connectivity index (χ2n) is 4.20. The first-order valence-corrected chi connectivity index (χ1v) is 6.60. The van der Waals surface area contributed by atoms with Gasteiger partial charge >= 0.3 is 0 Å². The second kappa shape index (κ2) is 24.8. The van der Waals surface area contributed by atoms with E-state index in [0.717, 1.165) is 0 Å². The summed E-state index contributed by atoms with van der Waals surface area (Å²) in [5, 5.41) is 0. The monoisotopic (exact) mass is 494 g/mol. The van der Waals surface area contributed by atoms with Crippen molar-refractivity contribution in [1.29, 1.82) is 0 Å². The molecule has 4 heteroatoms. The van der Waals surface area contributed by atoms with Crippen LogP contribution in [0.25, 0.3) is 0 Å². The van der Waals surface area contributed by atoms with Crippen molar-refractivity contribution in [2.24, 2.45) is 0 Å². The van der Waals surface area contributed by atoms with E-state index in [0.29, 0.717) is 0 Å². The molecular weight excluding hydrogens is 469 g/mol. The number of hydrogen-bond donors (Lipinski definition) is 0. The van der Waals surface area contributed by atoms with Crippen molar-refractivity contribution in [3.05, 3.63) is 48.6 Å². The maximum absolute atomic E-state index is 2.27. The number of rotatable bonds is 0. The van der Waals surface area contributed by atoms with Crippen LogP contribution in [0.4, 0.5) is 0 Å². The maximum Gasteiger partial charge on any atom is 0 e. The molecule has 0 saturated carbocycles. The molecule has 0 heterocycles. The standard InChI is InChI=1S/2C8H12.2ClH.2Rh/c2*1-2-4-6-8-7-5-3-1;;;;/h2*1-2,7-8H,3-6H2;2*1H;;. The van der Waals surface area contributed by atoms with Crippen molar-refractivity contribution in [3.8, 4) is 0 Å². The van der Waals surface area contributed by atoms with E-state index in [1.807, 2.05) is 0 Å². The third kappa shape index (κ3) is 21.1. The first-order chi connectivity index (χ1) is 8.00. The molecule has 0 nitrogen and oxygen atoms in total. The molecule has 0 bridgehead atoms. The Hall–Kier alpha value is 0.787. The van der Waals surface area contributed by atoms with Gasteiger partial charge in [0.15, 0.2) is 0 Å². The van der Waals surface area contributed by atoms with Gasteiger partial charge in [0.2, 0.25) is 0 Å². The Morgan fingerprint density at radius 3 is 0.500 bits per heavy atom. The van der Waals surface area contributed by atoms with E-state index in [-0.39, 0.29) is 63.8 Å². The van der Waals surface area contributed by atoms with Crippen molar-refractivity contribution >= 4 is 24.8 Å². The molecule has 2 aliphatic carbocycles. The Labute approximate surface area is 163 Å². The average Bonchev–Trinajstić information content (AvgIpc) is 2.15. The molecule has 2 radical (unpaired) electrons. The van der Waals surface area contributed by atoms with Crippen LogP contribution in [0.3, 0.4) is 0 Å². The van der Waals surface area contributed by atoms with Crippen LogP contribution in [0.1, 0.15) is 51.4 Å². The first-order valence-electron chi connectivity index (χ1n) is 6.60. The summed E-state index contributed by atoms with van der Waals surface area (Å²) in [6, 6.07) is 0. The van der Waals surface area contributed by atoms with E-state index in [4.69, 9.17) is 0 Å². The molecule has 0 amide bonds. The Balaban J connectivity index is -0.000000107. The van der Waals surface area contributed by atoms with Gasteiger partial charge in [-0.3, -0.25) is 0 Å². The van der Waals surface area contributed by atoms with Gasteiger partial charge in [0, 0.05) is 39.0 Å². The molecule has 0 saturated heterocycles. The van der Waals surface area contributed by atoms with Gasteiger partial charge in [-0.25, -0.2) is 0 Å². The van der Waals surface area contributed by atoms with E-state index < -0.39 is 0 Å². The Kier molecular flexibility index (Phi) is 35.8. The molecule has 2 rings (SSSR count). The molecule has 0 aromatic heterocycles. The molecule has 0 aliphatic heterocycles. The van der Waals surface area contributed by atoms with Crippen molar-refractivity contribution in [2.45, 2.75) is 51.4 Å². The van der Waals surface area contributed by atoms with Crippen molar-refractivity contribution in [1.82, 2.24) is 0 Å². The van der Waals surface area contributed by atoms with Crippen molar-refractivity contribution in [2.75, 3.05) is 0 Å². The molecule has 20 heavy (non-hydrogen) atoms. The zero-order chi connectivity index (χ0) is 11.3. The summed E-state index contributed by atoms with van der Waals surface area (Å²) in [7, 11) is 0. The Bertz CT molecular complexity index is 192. The predicted octanol–water partition coefficient (Wildman–Crippen LogP) is 6.18. The summed E-state index contributed by atoms with van der Waals surface area (Å²) in [5.74, 6) is 0. The van der Waals surface area contributed by atoms with Crippen LogP contribution in [-0.2, 0) is 39.0 Å². The SMILES string of the molecule is C1=CCCC=CCC1.C1=CCCC=CCC1.Cl.Cl.[Rh].[Rh]. The molecule has 0 fully saturated rings.